The van der Waals surface area contributed by atoms with E-state index in [0.717, 1.165) is 5.56 Å². The van der Waals surface area contributed by atoms with Crippen LogP contribution in [0.1, 0.15) is 49.7 Å². The fraction of sp³-hybridized carbons (Fsp3) is 0.556. The van der Waals surface area contributed by atoms with Crippen molar-refractivity contribution in [3.05, 3.63) is 35.2 Å². The minimum Gasteiger partial charge on any atom is -0.490 e. The topological polar surface area (TPSA) is 9.23 Å². The van der Waals surface area contributed by atoms with Crippen LogP contribution in [0.2, 0.25) is 0 Å². The Morgan fingerprint density at radius 1 is 1.20 bits per heavy atom. The molecule has 0 aliphatic heterocycles. The van der Waals surface area contributed by atoms with E-state index >= 15 is 0 Å². The Balaban J connectivity index is 1.69. The molecule has 0 N–H and O–H groups in total. The van der Waals surface area contributed by atoms with E-state index in [1.807, 2.05) is 13.0 Å². The second kappa shape index (κ2) is 5.99. The molecule has 0 amide bonds. The van der Waals surface area contributed by atoms with E-state index in [2.05, 4.69) is 12.2 Å². The first-order valence-electron chi connectivity index (χ1n) is 7.84. The van der Waals surface area contributed by atoms with Crippen molar-refractivity contribution in [1.29, 1.82) is 0 Å². The van der Waals surface area contributed by atoms with Gasteiger partial charge in [-0.3, -0.25) is 0 Å². The van der Waals surface area contributed by atoms with Crippen LogP contribution in [0.5, 0.6) is 5.75 Å². The molecule has 3 rings (SSSR count). The smallest absolute Gasteiger partial charge is 0.168 e. The Morgan fingerprint density at radius 3 is 2.65 bits per heavy atom. The van der Waals surface area contributed by atoms with Gasteiger partial charge < -0.3 is 4.74 Å². The Hall–Kier alpha value is -1.31. The Kier molecular flexibility index (Phi) is 4.09. The monoisotopic (exact) mass is 274 g/mol. The lowest BCUT2D eigenvalue weighted by atomic mass is 10.0. The second-order valence-electron chi connectivity index (χ2n) is 6.25. The van der Waals surface area contributed by atoms with Crippen LogP contribution in [0.15, 0.2) is 18.2 Å². The van der Waals surface area contributed by atoms with E-state index in [1.165, 1.54) is 38.5 Å². The van der Waals surface area contributed by atoms with Gasteiger partial charge in [-0.15, -0.1) is 0 Å². The number of rotatable bonds is 5. The van der Waals surface area contributed by atoms with Crippen molar-refractivity contribution in [3.63, 3.8) is 0 Å². The molecule has 2 aliphatic carbocycles. The molecular formula is C18H23FO. The molecular weight excluding hydrogens is 251 g/mol. The highest BCUT2D eigenvalue weighted by Crippen LogP contribution is 2.32. The van der Waals surface area contributed by atoms with Gasteiger partial charge in [-0.1, -0.05) is 31.1 Å². The highest BCUT2D eigenvalue weighted by molar-refractivity contribution is 5.56. The zero-order valence-corrected chi connectivity index (χ0v) is 12.2. The van der Waals surface area contributed by atoms with Gasteiger partial charge in [-0.25, -0.2) is 4.39 Å². The molecule has 2 heteroatoms. The number of halogens is 1. The van der Waals surface area contributed by atoms with Crippen molar-refractivity contribution in [1.82, 2.24) is 0 Å². The van der Waals surface area contributed by atoms with Crippen LogP contribution in [0, 0.1) is 24.6 Å². The van der Waals surface area contributed by atoms with E-state index in [4.69, 9.17) is 4.74 Å². The summed E-state index contributed by atoms with van der Waals surface area (Å²) in [6, 6.07) is 3.76. The fourth-order valence-electron chi connectivity index (χ4n) is 2.85. The van der Waals surface area contributed by atoms with Gasteiger partial charge >= 0.3 is 0 Å². The quantitative estimate of drug-likeness (QED) is 0.723. The lowest BCUT2D eigenvalue weighted by molar-refractivity contribution is 0.284. The van der Waals surface area contributed by atoms with E-state index in [-0.39, 0.29) is 5.82 Å². The van der Waals surface area contributed by atoms with Gasteiger partial charge in [-0.2, -0.15) is 0 Å². The highest BCUT2D eigenvalue weighted by Gasteiger charge is 2.22. The van der Waals surface area contributed by atoms with Crippen LogP contribution in [0.3, 0.4) is 0 Å². The molecule has 0 aromatic heterocycles. The maximum atomic E-state index is 14.3. The zero-order valence-electron chi connectivity index (χ0n) is 12.2. The summed E-state index contributed by atoms with van der Waals surface area (Å²) in [6.07, 6.45) is 12.0. The van der Waals surface area contributed by atoms with E-state index in [1.54, 1.807) is 6.07 Å². The van der Waals surface area contributed by atoms with Crippen molar-refractivity contribution in [3.8, 4) is 5.75 Å². The van der Waals surface area contributed by atoms with Crippen LogP contribution in [0.4, 0.5) is 4.39 Å². The van der Waals surface area contributed by atoms with Crippen LogP contribution in [0.25, 0.3) is 6.08 Å². The molecule has 0 bridgehead atoms. The Labute approximate surface area is 120 Å². The Morgan fingerprint density at radius 2 is 1.95 bits per heavy atom. The third-order valence-corrected chi connectivity index (χ3v) is 4.51. The second-order valence-corrected chi connectivity index (χ2v) is 6.25. The van der Waals surface area contributed by atoms with Crippen LogP contribution < -0.4 is 4.74 Å². The molecule has 20 heavy (non-hydrogen) atoms. The molecule has 1 aromatic carbocycles. The molecule has 0 spiro atoms. The first kappa shape index (κ1) is 13.7. The van der Waals surface area contributed by atoms with E-state index < -0.39 is 0 Å². The number of allylic oxidation sites excluding steroid dienone is 1. The van der Waals surface area contributed by atoms with Crippen molar-refractivity contribution >= 4 is 6.08 Å². The number of hydrogen-bond acceptors (Lipinski definition) is 1. The zero-order chi connectivity index (χ0) is 13.9. The van der Waals surface area contributed by atoms with Gasteiger partial charge in [-0.05, 0) is 61.6 Å². The molecule has 0 heterocycles. The molecule has 0 radical (unpaired) electrons. The molecule has 0 atom stereocenters. The molecule has 2 aliphatic rings. The average Bonchev–Trinajstić information content (AvgIpc) is 3.13. The summed E-state index contributed by atoms with van der Waals surface area (Å²) >= 11 is 0. The maximum Gasteiger partial charge on any atom is 0.168 e. The first-order valence-corrected chi connectivity index (χ1v) is 7.84. The van der Waals surface area contributed by atoms with Crippen LogP contribution >= 0.6 is 0 Å². The summed E-state index contributed by atoms with van der Waals surface area (Å²) in [4.78, 5) is 0. The SMILES string of the molecule is Cc1c(/C=C/C2CCCC2)ccc(OCC2CC2)c1F. The van der Waals surface area contributed by atoms with Gasteiger partial charge in [0.2, 0.25) is 0 Å². The van der Waals surface area contributed by atoms with Crippen molar-refractivity contribution in [2.45, 2.75) is 45.4 Å². The van der Waals surface area contributed by atoms with Crippen LogP contribution in [-0.4, -0.2) is 6.61 Å². The van der Waals surface area contributed by atoms with Gasteiger partial charge in [0.1, 0.15) is 0 Å². The van der Waals surface area contributed by atoms with Gasteiger partial charge in [0.05, 0.1) is 6.61 Å². The third kappa shape index (κ3) is 3.23. The molecule has 2 saturated carbocycles. The van der Waals surface area contributed by atoms with Gasteiger partial charge in [0.25, 0.3) is 0 Å². The number of ether oxygens (including phenoxy) is 1. The summed E-state index contributed by atoms with van der Waals surface area (Å²) in [5.41, 5.74) is 1.68. The fourth-order valence-corrected chi connectivity index (χ4v) is 2.85. The summed E-state index contributed by atoms with van der Waals surface area (Å²) in [6.45, 7) is 2.50. The van der Waals surface area contributed by atoms with Crippen molar-refractivity contribution < 1.29 is 9.13 Å². The molecule has 0 saturated heterocycles. The molecule has 0 unspecified atom stereocenters. The molecule has 108 valence electrons. The average molecular weight is 274 g/mol. The van der Waals surface area contributed by atoms with Crippen molar-refractivity contribution in [2.75, 3.05) is 6.61 Å². The number of benzene rings is 1. The summed E-state index contributed by atoms with van der Waals surface area (Å²) in [7, 11) is 0. The summed E-state index contributed by atoms with van der Waals surface area (Å²) in [5, 5.41) is 0. The highest BCUT2D eigenvalue weighted by atomic mass is 19.1. The van der Waals surface area contributed by atoms with E-state index in [0.29, 0.717) is 29.8 Å². The van der Waals surface area contributed by atoms with Crippen molar-refractivity contribution in [2.24, 2.45) is 11.8 Å². The molecule has 2 fully saturated rings. The largest absolute Gasteiger partial charge is 0.490 e. The minimum absolute atomic E-state index is 0.195. The normalized spacial score (nSPS) is 19.9. The minimum atomic E-state index is -0.195. The Bertz CT molecular complexity index is 496. The summed E-state index contributed by atoms with van der Waals surface area (Å²) in [5.74, 6) is 1.55. The maximum absolute atomic E-state index is 14.3. The predicted molar refractivity (Wildman–Crippen MR) is 80.3 cm³/mol. The van der Waals surface area contributed by atoms with Gasteiger partial charge in [0, 0.05) is 0 Å². The lowest BCUT2D eigenvalue weighted by Crippen LogP contribution is -2.02. The summed E-state index contributed by atoms with van der Waals surface area (Å²) < 4.78 is 19.9. The third-order valence-electron chi connectivity index (χ3n) is 4.51. The van der Waals surface area contributed by atoms with E-state index in [9.17, 15) is 4.39 Å². The van der Waals surface area contributed by atoms with Gasteiger partial charge in [0.15, 0.2) is 11.6 Å². The standard InChI is InChI=1S/C18H23FO/c1-13-16(9-8-14-4-2-3-5-14)10-11-17(18(13)19)20-12-15-6-7-15/h8-11,14-15H,2-7,12H2,1H3/b9-8+. The predicted octanol–water partition coefficient (Wildman–Crippen LogP) is 5.13. The molecule has 1 aromatic rings. The molecule has 1 nitrogen and oxygen atoms in total. The van der Waals surface area contributed by atoms with Crippen LogP contribution in [-0.2, 0) is 0 Å². The lowest BCUT2D eigenvalue weighted by Gasteiger charge is -2.10. The first-order chi connectivity index (χ1) is 9.74. The number of hydrogen-bond donors (Lipinski definition) is 0.